The van der Waals surface area contributed by atoms with E-state index < -0.39 is 88.6 Å². The van der Waals surface area contributed by atoms with Crippen molar-refractivity contribution < 1.29 is 48.3 Å². The smallest absolute Gasteiger partial charge is 0.303 e. The molecule has 0 spiro atoms. The number of nitrogens with zero attached hydrogens (tertiary/aromatic N) is 3. The molecule has 1 aromatic rings. The molecule has 1 aliphatic rings. The van der Waals surface area contributed by atoms with Crippen molar-refractivity contribution in [2.24, 2.45) is 0 Å². The minimum atomic E-state index is -1.60. The Bertz CT molecular complexity index is 800. The van der Waals surface area contributed by atoms with Crippen LogP contribution in [0.2, 0.25) is 0 Å². The average molecular weight is 404 g/mol. The molecular formula is C15H20N4O9. The summed E-state index contributed by atoms with van der Waals surface area (Å²) in [7, 11) is 0. The fraction of sp³-hybridized carbons (Fsp3) is 0.667. The van der Waals surface area contributed by atoms with Crippen molar-refractivity contribution in [2.45, 2.75) is 58.1 Å². The number of aromatic amines is 1. The summed E-state index contributed by atoms with van der Waals surface area (Å²) in [6.07, 6.45) is -7.41. The van der Waals surface area contributed by atoms with Crippen molar-refractivity contribution in [1.82, 2.24) is 20.6 Å². The third kappa shape index (κ3) is 5.45. The summed E-state index contributed by atoms with van der Waals surface area (Å²) in [5.41, 5.74) is 0. The fourth-order valence-corrected chi connectivity index (χ4v) is 2.58. The number of carbonyl (C=O) groups excluding carboxylic acids is 4. The van der Waals surface area contributed by atoms with Crippen LogP contribution in [-0.4, -0.2) is 75.5 Å². The van der Waals surface area contributed by atoms with Crippen molar-refractivity contribution in [3.8, 4) is 0 Å². The summed E-state index contributed by atoms with van der Waals surface area (Å²) in [5, 5.41) is 13.0. The van der Waals surface area contributed by atoms with Gasteiger partial charge in [-0.15, -0.1) is 10.2 Å². The van der Waals surface area contributed by atoms with Gasteiger partial charge in [-0.05, 0) is 0 Å². The molecule has 13 heteroatoms. The highest BCUT2D eigenvalue weighted by molar-refractivity contribution is 5.68. The van der Waals surface area contributed by atoms with Gasteiger partial charge in [0, 0.05) is 33.1 Å². The average Bonchev–Trinajstić information content (AvgIpc) is 3.34. The third-order valence-electron chi connectivity index (χ3n) is 3.46. The summed E-state index contributed by atoms with van der Waals surface area (Å²) in [5.74, 6) is -4.29. The van der Waals surface area contributed by atoms with E-state index in [0.717, 1.165) is 0 Å². The summed E-state index contributed by atoms with van der Waals surface area (Å²) in [6, 6.07) is 0. The predicted octanol–water partition coefficient (Wildman–Crippen LogP) is -1.00. The van der Waals surface area contributed by atoms with E-state index in [2.05, 4.69) is 20.6 Å². The van der Waals surface area contributed by atoms with Gasteiger partial charge in [-0.2, -0.15) is 5.21 Å². The van der Waals surface area contributed by atoms with Gasteiger partial charge < -0.3 is 23.7 Å². The molecule has 0 aliphatic carbocycles. The van der Waals surface area contributed by atoms with Crippen LogP contribution in [-0.2, 0) is 42.9 Å². The second-order valence-corrected chi connectivity index (χ2v) is 5.41. The Hall–Kier alpha value is -3.09. The number of hydrogen-bond donors (Lipinski definition) is 1. The monoisotopic (exact) mass is 404 g/mol. The maximum atomic E-state index is 11.9. The van der Waals surface area contributed by atoms with Crippen molar-refractivity contribution in [3.05, 3.63) is 5.82 Å². The van der Waals surface area contributed by atoms with Crippen LogP contribution in [0.3, 0.4) is 0 Å². The van der Waals surface area contributed by atoms with Crippen LogP contribution in [0.15, 0.2) is 0 Å². The maximum Gasteiger partial charge on any atom is 0.303 e. The zero-order valence-corrected chi connectivity index (χ0v) is 14.4. The molecule has 1 N–H and O–H groups in total. The Morgan fingerprint density at radius 3 is 2.14 bits per heavy atom. The molecule has 1 unspecified atom stereocenters. The van der Waals surface area contributed by atoms with Gasteiger partial charge in [0.25, 0.3) is 0 Å². The summed E-state index contributed by atoms with van der Waals surface area (Å²) >= 11 is 0. The quantitative estimate of drug-likeness (QED) is 0.454. The lowest BCUT2D eigenvalue weighted by molar-refractivity contribution is -0.255. The Labute approximate surface area is 164 Å². The zero-order chi connectivity index (χ0) is 23.7. The minimum Gasteiger partial charge on any atom is -0.463 e. The lowest BCUT2D eigenvalue weighted by atomic mass is 9.93. The van der Waals surface area contributed by atoms with Crippen LogP contribution in [0.1, 0.15) is 45.0 Å². The van der Waals surface area contributed by atoms with E-state index in [1.165, 1.54) is 0 Å². The van der Waals surface area contributed by atoms with Crippen LogP contribution in [0.5, 0.6) is 0 Å². The number of ether oxygens (including phenoxy) is 5. The molecule has 28 heavy (non-hydrogen) atoms. The Kier molecular flexibility index (Phi) is 5.24. The molecule has 5 atom stereocenters. The molecule has 1 saturated heterocycles. The van der Waals surface area contributed by atoms with Crippen molar-refractivity contribution >= 4 is 23.9 Å². The molecule has 0 bridgehead atoms. The first kappa shape index (κ1) is 15.9. The number of H-pyrrole nitrogens is 1. The molecule has 0 saturated carbocycles. The van der Waals surface area contributed by atoms with E-state index in [4.69, 9.17) is 29.2 Å². The molecule has 13 nitrogen and oxygen atoms in total. The van der Waals surface area contributed by atoms with Gasteiger partial charge in [0.15, 0.2) is 24.4 Å². The Balaban J connectivity index is 2.49. The van der Waals surface area contributed by atoms with Crippen molar-refractivity contribution in [1.29, 1.82) is 0 Å². The lowest BCUT2D eigenvalue weighted by Crippen LogP contribution is -2.59. The number of nitrogens with one attached hydrogen (secondary N) is 1. The van der Waals surface area contributed by atoms with Crippen LogP contribution >= 0.6 is 0 Å². The Morgan fingerprint density at radius 1 is 0.964 bits per heavy atom. The standard InChI is InChI=1S/C15H20N4O9/c1-6(20)24-5-10-11(25-7(2)21)12(26-8(3)22)13(27-9(4)23)14(28-10)15-16-18-19-17-15/h10-14H,5H2,1-4H3,(H,16,17,18,19)/t10-,11+,12+,13-,14?/m1/s1/i1D,2D,3D,4D. The zero-order valence-electron chi connectivity index (χ0n) is 18.4. The predicted molar refractivity (Wildman–Crippen MR) is 85.1 cm³/mol. The van der Waals surface area contributed by atoms with E-state index >= 15 is 0 Å². The van der Waals surface area contributed by atoms with Gasteiger partial charge in [0.1, 0.15) is 12.7 Å². The molecule has 1 fully saturated rings. The van der Waals surface area contributed by atoms with Crippen LogP contribution in [0.4, 0.5) is 0 Å². The highest BCUT2D eigenvalue weighted by Gasteiger charge is 2.53. The Morgan fingerprint density at radius 2 is 1.57 bits per heavy atom. The first-order valence-electron chi connectivity index (χ1n) is 10.5. The maximum absolute atomic E-state index is 11.9. The fourth-order valence-electron chi connectivity index (χ4n) is 2.58. The first-order chi connectivity index (χ1) is 15.3. The third-order valence-corrected chi connectivity index (χ3v) is 3.46. The molecule has 1 aliphatic heterocycles. The number of rotatable bonds is 6. The van der Waals surface area contributed by atoms with Gasteiger partial charge in [-0.3, -0.25) is 19.2 Å². The summed E-state index contributed by atoms with van der Waals surface area (Å²) < 4.78 is 54.8. The second kappa shape index (κ2) is 9.21. The van der Waals surface area contributed by atoms with Gasteiger partial charge >= 0.3 is 23.9 Å². The summed E-state index contributed by atoms with van der Waals surface area (Å²) in [6.45, 7) is -3.74. The topological polar surface area (TPSA) is 169 Å². The van der Waals surface area contributed by atoms with E-state index in [-0.39, 0.29) is 5.82 Å². The van der Waals surface area contributed by atoms with E-state index in [1.807, 2.05) is 0 Å². The molecule has 0 radical (unpaired) electrons. The van der Waals surface area contributed by atoms with Crippen LogP contribution < -0.4 is 0 Å². The highest BCUT2D eigenvalue weighted by Crippen LogP contribution is 2.36. The van der Waals surface area contributed by atoms with Crippen LogP contribution in [0.25, 0.3) is 0 Å². The van der Waals surface area contributed by atoms with E-state index in [9.17, 15) is 19.2 Å². The second-order valence-electron chi connectivity index (χ2n) is 5.41. The molecule has 1 aromatic heterocycles. The van der Waals surface area contributed by atoms with Gasteiger partial charge in [-0.1, -0.05) is 5.21 Å². The highest BCUT2D eigenvalue weighted by atomic mass is 16.7. The molecular weight excluding hydrogens is 380 g/mol. The molecule has 154 valence electrons. The molecule has 0 amide bonds. The SMILES string of the molecule is [2H]CC(=O)OC[C@H]1OC(c2nn[nH]n2)[C@H](OC(=O)C[2H])[C@@H](OC(=O)C[2H])[C@H]1OC(=O)C[2H]. The van der Waals surface area contributed by atoms with Crippen molar-refractivity contribution in [3.63, 3.8) is 0 Å². The van der Waals surface area contributed by atoms with Crippen LogP contribution in [0, 0.1) is 0 Å². The number of esters is 4. The molecule has 2 heterocycles. The minimum absolute atomic E-state index is 0.165. The van der Waals surface area contributed by atoms with Crippen molar-refractivity contribution in [2.75, 3.05) is 6.61 Å². The molecule has 2 rings (SSSR count). The van der Waals surface area contributed by atoms with Gasteiger partial charge in [-0.25, -0.2) is 0 Å². The van der Waals surface area contributed by atoms with E-state index in [1.54, 1.807) is 0 Å². The lowest BCUT2D eigenvalue weighted by Gasteiger charge is -2.43. The number of tetrazole rings is 1. The summed E-state index contributed by atoms with van der Waals surface area (Å²) in [4.78, 5) is 47.1. The molecule has 0 aromatic carbocycles. The first-order valence-corrected chi connectivity index (χ1v) is 7.64. The number of aromatic nitrogens is 4. The largest absolute Gasteiger partial charge is 0.463 e. The van der Waals surface area contributed by atoms with E-state index in [0.29, 0.717) is 0 Å². The normalized spacial score (nSPS) is 28.6. The number of carbonyl (C=O) groups is 4. The van der Waals surface area contributed by atoms with Gasteiger partial charge in [0.05, 0.1) is 0 Å². The van der Waals surface area contributed by atoms with Gasteiger partial charge in [0.2, 0.25) is 5.82 Å². The number of hydrogen-bond acceptors (Lipinski definition) is 12.